The average molecular weight is 262 g/mol. The number of carbonyl (C=O) groups is 1. The molecule has 2 rings (SSSR count). The molecule has 0 aromatic heterocycles. The minimum absolute atomic E-state index is 0.103. The van der Waals surface area contributed by atoms with Crippen molar-refractivity contribution < 1.29 is 9.53 Å². The van der Waals surface area contributed by atoms with E-state index in [0.29, 0.717) is 6.61 Å². The molecule has 0 spiro atoms. The average Bonchev–Trinajstić information content (AvgIpc) is 2.82. The molecule has 0 bridgehead atoms. The second-order valence-corrected chi connectivity index (χ2v) is 5.30. The molecule has 4 heteroatoms. The Labute approximate surface area is 114 Å². The van der Waals surface area contributed by atoms with E-state index < -0.39 is 0 Å². The Balaban J connectivity index is 1.73. The lowest BCUT2D eigenvalue weighted by Gasteiger charge is -2.19. The summed E-state index contributed by atoms with van der Waals surface area (Å²) in [6.45, 7) is 4.87. The molecule has 4 nitrogen and oxygen atoms in total. The highest BCUT2D eigenvalue weighted by atomic mass is 16.5. The van der Waals surface area contributed by atoms with Crippen LogP contribution < -0.4 is 5.73 Å². The third-order valence-corrected chi connectivity index (χ3v) is 3.47. The maximum Gasteiger partial charge on any atom is 0.310 e. The summed E-state index contributed by atoms with van der Waals surface area (Å²) in [5.74, 6) is -0.238. The first-order valence-corrected chi connectivity index (χ1v) is 6.83. The Kier molecular flexibility index (Phi) is 4.93. The zero-order valence-corrected chi connectivity index (χ0v) is 11.4. The van der Waals surface area contributed by atoms with Crippen molar-refractivity contribution in [2.75, 3.05) is 19.6 Å². The van der Waals surface area contributed by atoms with Gasteiger partial charge in [0.2, 0.25) is 0 Å². The van der Waals surface area contributed by atoms with Gasteiger partial charge in [-0.2, -0.15) is 0 Å². The molecule has 2 unspecified atom stereocenters. The number of esters is 1. The smallest absolute Gasteiger partial charge is 0.310 e. The van der Waals surface area contributed by atoms with E-state index in [1.54, 1.807) is 0 Å². The van der Waals surface area contributed by atoms with Crippen LogP contribution in [0.3, 0.4) is 0 Å². The fraction of sp³-hybridized carbons (Fsp3) is 0.533. The molecule has 0 radical (unpaired) electrons. The van der Waals surface area contributed by atoms with E-state index >= 15 is 0 Å². The molecule has 0 amide bonds. The predicted octanol–water partition coefficient (Wildman–Crippen LogP) is 1.40. The molecule has 19 heavy (non-hydrogen) atoms. The number of ether oxygens (including phenoxy) is 1. The number of nitrogens with zero attached hydrogens (tertiary/aromatic N) is 1. The molecule has 104 valence electrons. The highest BCUT2D eigenvalue weighted by Gasteiger charge is 2.24. The first-order chi connectivity index (χ1) is 9.15. The standard InChI is InChI=1S/C15H22N2O2/c1-12(9-17-8-7-14(16)10-17)15(18)19-11-13-5-3-2-4-6-13/h2-6,12,14H,7-11,16H2,1H3. The van der Waals surface area contributed by atoms with Gasteiger partial charge in [0.25, 0.3) is 0 Å². The van der Waals surface area contributed by atoms with Crippen molar-refractivity contribution in [3.63, 3.8) is 0 Å². The van der Waals surface area contributed by atoms with Crippen LogP contribution in [0.2, 0.25) is 0 Å². The molecule has 2 N–H and O–H groups in total. The van der Waals surface area contributed by atoms with Gasteiger partial charge in [-0.15, -0.1) is 0 Å². The summed E-state index contributed by atoms with van der Waals surface area (Å²) >= 11 is 0. The lowest BCUT2D eigenvalue weighted by Crippen LogP contribution is -2.33. The van der Waals surface area contributed by atoms with Gasteiger partial charge in [-0.3, -0.25) is 4.79 Å². The second-order valence-electron chi connectivity index (χ2n) is 5.30. The van der Waals surface area contributed by atoms with Crippen LogP contribution in [-0.4, -0.2) is 36.5 Å². The first kappa shape index (κ1) is 14.0. The van der Waals surface area contributed by atoms with Gasteiger partial charge in [0.1, 0.15) is 6.61 Å². The topological polar surface area (TPSA) is 55.6 Å². The van der Waals surface area contributed by atoms with E-state index in [0.717, 1.165) is 31.6 Å². The molecule has 1 aliphatic heterocycles. The van der Waals surface area contributed by atoms with Crippen molar-refractivity contribution >= 4 is 5.97 Å². The Morgan fingerprint density at radius 2 is 2.21 bits per heavy atom. The predicted molar refractivity (Wildman–Crippen MR) is 74.4 cm³/mol. The Morgan fingerprint density at radius 1 is 1.47 bits per heavy atom. The number of likely N-dealkylation sites (tertiary alicyclic amines) is 1. The van der Waals surface area contributed by atoms with E-state index in [4.69, 9.17) is 10.5 Å². The normalized spacial score (nSPS) is 21.3. The minimum atomic E-state index is -0.135. The monoisotopic (exact) mass is 262 g/mol. The van der Waals surface area contributed by atoms with Crippen LogP contribution in [0.4, 0.5) is 0 Å². The molecule has 1 saturated heterocycles. The largest absolute Gasteiger partial charge is 0.461 e. The molecule has 0 aliphatic carbocycles. The van der Waals surface area contributed by atoms with E-state index in [1.165, 1.54) is 0 Å². The quantitative estimate of drug-likeness (QED) is 0.815. The van der Waals surface area contributed by atoms with Crippen molar-refractivity contribution in [3.8, 4) is 0 Å². The highest BCUT2D eigenvalue weighted by Crippen LogP contribution is 2.11. The van der Waals surface area contributed by atoms with Gasteiger partial charge in [-0.25, -0.2) is 0 Å². The summed E-state index contributed by atoms with van der Waals surface area (Å²) < 4.78 is 5.33. The van der Waals surface area contributed by atoms with Crippen LogP contribution in [0.25, 0.3) is 0 Å². The lowest BCUT2D eigenvalue weighted by atomic mass is 10.1. The van der Waals surface area contributed by atoms with Gasteiger partial charge in [0.05, 0.1) is 5.92 Å². The zero-order valence-electron chi connectivity index (χ0n) is 11.4. The maximum absolute atomic E-state index is 11.9. The minimum Gasteiger partial charge on any atom is -0.461 e. The van der Waals surface area contributed by atoms with Gasteiger partial charge in [-0.05, 0) is 18.5 Å². The summed E-state index contributed by atoms with van der Waals surface area (Å²) in [6.07, 6.45) is 1.02. The summed E-state index contributed by atoms with van der Waals surface area (Å²) in [6, 6.07) is 10.0. The number of nitrogens with two attached hydrogens (primary N) is 1. The lowest BCUT2D eigenvalue weighted by molar-refractivity contribution is -0.149. The molecule has 1 heterocycles. The van der Waals surface area contributed by atoms with E-state index in [2.05, 4.69) is 4.90 Å². The summed E-state index contributed by atoms with van der Waals surface area (Å²) in [5, 5.41) is 0. The van der Waals surface area contributed by atoms with Crippen molar-refractivity contribution in [2.24, 2.45) is 11.7 Å². The van der Waals surface area contributed by atoms with E-state index in [-0.39, 0.29) is 17.9 Å². The van der Waals surface area contributed by atoms with Crippen LogP contribution in [0.5, 0.6) is 0 Å². The second kappa shape index (κ2) is 6.68. The van der Waals surface area contributed by atoms with Crippen LogP contribution in [-0.2, 0) is 16.1 Å². The van der Waals surface area contributed by atoms with E-state index in [9.17, 15) is 4.79 Å². The number of rotatable bonds is 5. The van der Waals surface area contributed by atoms with Crippen LogP contribution in [0, 0.1) is 5.92 Å². The van der Waals surface area contributed by atoms with Gasteiger partial charge in [-0.1, -0.05) is 37.3 Å². The summed E-state index contributed by atoms with van der Waals surface area (Å²) in [5.41, 5.74) is 6.87. The van der Waals surface area contributed by atoms with Gasteiger partial charge in [0, 0.05) is 19.1 Å². The molecular weight excluding hydrogens is 240 g/mol. The van der Waals surface area contributed by atoms with E-state index in [1.807, 2.05) is 37.3 Å². The molecule has 1 aromatic rings. The Morgan fingerprint density at radius 3 is 2.84 bits per heavy atom. The van der Waals surface area contributed by atoms with Crippen molar-refractivity contribution in [1.29, 1.82) is 0 Å². The highest BCUT2D eigenvalue weighted by molar-refractivity contribution is 5.72. The third-order valence-electron chi connectivity index (χ3n) is 3.47. The first-order valence-electron chi connectivity index (χ1n) is 6.83. The van der Waals surface area contributed by atoms with Gasteiger partial charge >= 0.3 is 5.97 Å². The molecule has 0 saturated carbocycles. The van der Waals surface area contributed by atoms with Gasteiger partial charge in [0.15, 0.2) is 0 Å². The summed E-state index contributed by atoms with van der Waals surface area (Å²) in [7, 11) is 0. The number of hydrogen-bond acceptors (Lipinski definition) is 4. The number of hydrogen-bond donors (Lipinski definition) is 1. The van der Waals surface area contributed by atoms with Crippen LogP contribution >= 0.6 is 0 Å². The summed E-state index contributed by atoms with van der Waals surface area (Å²) in [4.78, 5) is 14.1. The molecular formula is C15H22N2O2. The van der Waals surface area contributed by atoms with Crippen LogP contribution in [0.1, 0.15) is 18.9 Å². The Hall–Kier alpha value is -1.39. The molecule has 1 fully saturated rings. The molecule has 1 aromatic carbocycles. The number of carbonyl (C=O) groups excluding carboxylic acids is 1. The van der Waals surface area contributed by atoms with Gasteiger partial charge < -0.3 is 15.4 Å². The fourth-order valence-electron chi connectivity index (χ4n) is 2.36. The SMILES string of the molecule is CC(CN1CCC(N)C1)C(=O)OCc1ccccc1. The fourth-order valence-corrected chi connectivity index (χ4v) is 2.36. The van der Waals surface area contributed by atoms with Crippen LogP contribution in [0.15, 0.2) is 30.3 Å². The number of benzene rings is 1. The van der Waals surface area contributed by atoms with Crippen molar-refractivity contribution in [3.05, 3.63) is 35.9 Å². The molecule has 2 atom stereocenters. The van der Waals surface area contributed by atoms with Crippen molar-refractivity contribution in [2.45, 2.75) is 26.0 Å². The van der Waals surface area contributed by atoms with Crippen molar-refractivity contribution in [1.82, 2.24) is 4.90 Å². The maximum atomic E-state index is 11.9. The molecule has 1 aliphatic rings. The Bertz CT molecular complexity index is 408. The zero-order chi connectivity index (χ0) is 13.7. The third kappa shape index (κ3) is 4.33.